The summed E-state index contributed by atoms with van der Waals surface area (Å²) in [4.78, 5) is 48.3. The number of amides is 3. The summed E-state index contributed by atoms with van der Waals surface area (Å²) in [6.07, 6.45) is 5.52. The molecule has 1 unspecified atom stereocenters. The summed E-state index contributed by atoms with van der Waals surface area (Å²) in [5.41, 5.74) is 3.22. The first-order valence-corrected chi connectivity index (χ1v) is 12.7. The molecular weight excluding hydrogens is 460 g/mol. The van der Waals surface area contributed by atoms with Crippen LogP contribution in [-0.2, 0) is 6.54 Å². The van der Waals surface area contributed by atoms with Gasteiger partial charge in [-0.2, -0.15) is 0 Å². The van der Waals surface area contributed by atoms with E-state index in [-0.39, 0.29) is 17.4 Å². The molecular formula is C27H28N4O3S. The van der Waals surface area contributed by atoms with E-state index in [0.717, 1.165) is 29.1 Å². The zero-order chi connectivity index (χ0) is 24.7. The van der Waals surface area contributed by atoms with E-state index in [1.807, 2.05) is 38.2 Å². The van der Waals surface area contributed by atoms with Crippen molar-refractivity contribution in [3.8, 4) is 0 Å². The predicted octanol–water partition coefficient (Wildman–Crippen LogP) is 5.19. The Balaban J connectivity index is 1.32. The second-order valence-electron chi connectivity index (χ2n) is 9.40. The molecule has 0 saturated carbocycles. The van der Waals surface area contributed by atoms with E-state index in [1.54, 1.807) is 12.1 Å². The molecule has 1 fully saturated rings. The van der Waals surface area contributed by atoms with Gasteiger partial charge in [0.1, 0.15) is 0 Å². The molecule has 0 radical (unpaired) electrons. The number of carbonyl (C=O) groups is 3. The highest BCUT2D eigenvalue weighted by molar-refractivity contribution is 7.15. The molecule has 1 N–H and O–H groups in total. The molecule has 0 bridgehead atoms. The van der Waals surface area contributed by atoms with Gasteiger partial charge in [-0.05, 0) is 75.5 Å². The van der Waals surface area contributed by atoms with Crippen molar-refractivity contribution in [1.29, 1.82) is 0 Å². The van der Waals surface area contributed by atoms with Gasteiger partial charge in [0.05, 0.1) is 16.8 Å². The number of hydrogen-bond acceptors (Lipinski definition) is 6. The monoisotopic (exact) mass is 488 g/mol. The Kier molecular flexibility index (Phi) is 6.25. The molecule has 2 aromatic carbocycles. The number of likely N-dealkylation sites (tertiary alicyclic amines) is 1. The SMILES string of the molecule is Cc1ccc(C)c(N2C(=O)c3ccc(C(=O)Nc4ncc(CN5CCCCC5C)s4)cc3C2=O)c1. The van der Waals surface area contributed by atoms with E-state index < -0.39 is 5.91 Å². The quantitative estimate of drug-likeness (QED) is 0.500. The summed E-state index contributed by atoms with van der Waals surface area (Å²) < 4.78 is 0. The highest BCUT2D eigenvalue weighted by Crippen LogP contribution is 2.32. The first-order valence-electron chi connectivity index (χ1n) is 11.9. The lowest BCUT2D eigenvalue weighted by Gasteiger charge is -2.32. The van der Waals surface area contributed by atoms with Gasteiger partial charge in [0.15, 0.2) is 5.13 Å². The smallest absolute Gasteiger partial charge is 0.266 e. The van der Waals surface area contributed by atoms with Crippen molar-refractivity contribution in [2.45, 2.75) is 52.6 Å². The van der Waals surface area contributed by atoms with Crippen molar-refractivity contribution in [1.82, 2.24) is 9.88 Å². The Morgan fingerprint density at radius 1 is 1.09 bits per heavy atom. The van der Waals surface area contributed by atoms with E-state index in [0.29, 0.717) is 28.0 Å². The number of aryl methyl sites for hydroxylation is 2. The van der Waals surface area contributed by atoms with Crippen LogP contribution in [0.15, 0.2) is 42.6 Å². The average Bonchev–Trinajstić information content (AvgIpc) is 3.38. The summed E-state index contributed by atoms with van der Waals surface area (Å²) in [6.45, 7) is 7.95. The maximum Gasteiger partial charge on any atom is 0.266 e. The average molecular weight is 489 g/mol. The minimum Gasteiger partial charge on any atom is -0.298 e. The number of fused-ring (bicyclic) bond motifs is 1. The molecule has 7 nitrogen and oxygen atoms in total. The molecule has 2 aliphatic rings. The van der Waals surface area contributed by atoms with Gasteiger partial charge >= 0.3 is 0 Å². The zero-order valence-electron chi connectivity index (χ0n) is 20.1. The van der Waals surface area contributed by atoms with E-state index >= 15 is 0 Å². The van der Waals surface area contributed by atoms with Gasteiger partial charge in [-0.15, -0.1) is 11.3 Å². The number of hydrogen-bond donors (Lipinski definition) is 1. The maximum absolute atomic E-state index is 13.2. The second kappa shape index (κ2) is 9.36. The fraction of sp³-hybridized carbons (Fsp3) is 0.333. The number of nitrogens with one attached hydrogen (secondary N) is 1. The van der Waals surface area contributed by atoms with E-state index in [2.05, 4.69) is 22.1 Å². The van der Waals surface area contributed by atoms with Crippen LogP contribution in [0, 0.1) is 13.8 Å². The van der Waals surface area contributed by atoms with Crippen LogP contribution >= 0.6 is 11.3 Å². The number of imide groups is 1. The first-order chi connectivity index (χ1) is 16.8. The van der Waals surface area contributed by atoms with Gasteiger partial charge in [-0.25, -0.2) is 9.88 Å². The van der Waals surface area contributed by atoms with Gasteiger partial charge in [-0.1, -0.05) is 18.6 Å². The molecule has 8 heteroatoms. The molecule has 1 saturated heterocycles. The summed E-state index contributed by atoms with van der Waals surface area (Å²) in [5.74, 6) is -1.15. The molecule has 1 atom stereocenters. The maximum atomic E-state index is 13.2. The van der Waals surface area contributed by atoms with Crippen molar-refractivity contribution in [3.05, 3.63) is 75.3 Å². The number of aromatic nitrogens is 1. The third-order valence-electron chi connectivity index (χ3n) is 6.83. The number of carbonyl (C=O) groups excluding carboxylic acids is 3. The van der Waals surface area contributed by atoms with Gasteiger partial charge in [0.25, 0.3) is 17.7 Å². The van der Waals surface area contributed by atoms with Gasteiger partial charge in [-0.3, -0.25) is 24.6 Å². The molecule has 1 aromatic heterocycles. The second-order valence-corrected chi connectivity index (χ2v) is 10.5. The van der Waals surface area contributed by atoms with Crippen LogP contribution in [-0.4, -0.2) is 40.2 Å². The first kappa shape index (κ1) is 23.4. The molecule has 180 valence electrons. The van der Waals surface area contributed by atoms with Gasteiger partial charge in [0, 0.05) is 29.2 Å². The topological polar surface area (TPSA) is 82.6 Å². The van der Waals surface area contributed by atoms with Crippen LogP contribution in [0.2, 0.25) is 0 Å². The minimum atomic E-state index is -0.416. The summed E-state index contributed by atoms with van der Waals surface area (Å²) >= 11 is 1.46. The van der Waals surface area contributed by atoms with Crippen LogP contribution in [0.25, 0.3) is 0 Å². The third-order valence-corrected chi connectivity index (χ3v) is 7.73. The summed E-state index contributed by atoms with van der Waals surface area (Å²) in [5, 5.41) is 3.37. The lowest BCUT2D eigenvalue weighted by atomic mass is 10.0. The Morgan fingerprint density at radius 3 is 2.69 bits per heavy atom. The Labute approximate surface area is 208 Å². The van der Waals surface area contributed by atoms with Crippen molar-refractivity contribution in [2.24, 2.45) is 0 Å². The molecule has 3 aromatic rings. The number of thiazole rings is 1. The van der Waals surface area contributed by atoms with Crippen LogP contribution in [0.4, 0.5) is 10.8 Å². The normalized spacial score (nSPS) is 18.1. The molecule has 2 aliphatic heterocycles. The molecule has 5 rings (SSSR count). The number of benzene rings is 2. The highest BCUT2D eigenvalue weighted by atomic mass is 32.1. The lowest BCUT2D eigenvalue weighted by Crippen LogP contribution is -2.36. The Hall–Kier alpha value is -3.36. The zero-order valence-corrected chi connectivity index (χ0v) is 20.9. The fourth-order valence-electron chi connectivity index (χ4n) is 4.76. The standard InChI is InChI=1S/C27H28N4O3S/c1-16-7-8-17(2)23(12-16)31-25(33)21-10-9-19(13-22(21)26(31)34)24(32)29-27-28-14-20(35-27)15-30-11-5-4-6-18(30)3/h7-10,12-14,18H,4-6,11,15H2,1-3H3,(H,28,29,32). The summed E-state index contributed by atoms with van der Waals surface area (Å²) in [7, 11) is 0. The molecule has 3 heterocycles. The number of anilines is 2. The van der Waals surface area contributed by atoms with Crippen molar-refractivity contribution >= 4 is 39.9 Å². The van der Waals surface area contributed by atoms with Crippen LogP contribution in [0.5, 0.6) is 0 Å². The van der Waals surface area contributed by atoms with Crippen molar-refractivity contribution in [2.75, 3.05) is 16.8 Å². The number of piperidine rings is 1. The fourth-order valence-corrected chi connectivity index (χ4v) is 5.59. The molecule has 0 aliphatic carbocycles. The molecule has 35 heavy (non-hydrogen) atoms. The third kappa shape index (κ3) is 4.51. The Bertz CT molecular complexity index is 1330. The number of rotatable bonds is 5. The van der Waals surface area contributed by atoms with Crippen LogP contribution < -0.4 is 10.2 Å². The van der Waals surface area contributed by atoms with Crippen LogP contribution in [0.3, 0.4) is 0 Å². The van der Waals surface area contributed by atoms with Gasteiger partial charge in [0.2, 0.25) is 0 Å². The Morgan fingerprint density at radius 2 is 1.89 bits per heavy atom. The molecule has 3 amide bonds. The number of nitrogens with zero attached hydrogens (tertiary/aromatic N) is 3. The minimum absolute atomic E-state index is 0.238. The van der Waals surface area contributed by atoms with E-state index in [9.17, 15) is 14.4 Å². The van der Waals surface area contributed by atoms with Gasteiger partial charge < -0.3 is 0 Å². The van der Waals surface area contributed by atoms with E-state index in [4.69, 9.17) is 0 Å². The summed E-state index contributed by atoms with van der Waals surface area (Å²) in [6, 6.07) is 10.8. The highest BCUT2D eigenvalue weighted by Gasteiger charge is 2.38. The molecule has 0 spiro atoms. The lowest BCUT2D eigenvalue weighted by molar-refractivity contribution is 0.0925. The van der Waals surface area contributed by atoms with Crippen molar-refractivity contribution < 1.29 is 14.4 Å². The van der Waals surface area contributed by atoms with Crippen molar-refractivity contribution in [3.63, 3.8) is 0 Å². The predicted molar refractivity (Wildman–Crippen MR) is 137 cm³/mol. The van der Waals surface area contributed by atoms with Crippen LogP contribution in [0.1, 0.15) is 73.3 Å². The van der Waals surface area contributed by atoms with E-state index in [1.165, 1.54) is 41.6 Å². The largest absolute Gasteiger partial charge is 0.298 e.